The highest BCUT2D eigenvalue weighted by atomic mass is 32.1. The zero-order chi connectivity index (χ0) is 12.5. The van der Waals surface area contributed by atoms with Gasteiger partial charge in [0.2, 0.25) is 5.88 Å². The maximum atomic E-state index is 12.8. The van der Waals surface area contributed by atoms with E-state index in [0.29, 0.717) is 22.7 Å². The van der Waals surface area contributed by atoms with Crippen molar-refractivity contribution < 1.29 is 13.9 Å². The predicted molar refractivity (Wildman–Crippen MR) is 64.9 cm³/mol. The molecule has 0 amide bonds. The van der Waals surface area contributed by atoms with Gasteiger partial charge in [-0.05, 0) is 24.3 Å². The van der Waals surface area contributed by atoms with Crippen molar-refractivity contribution in [2.24, 2.45) is 0 Å². The first-order valence-electron chi connectivity index (χ1n) is 5.12. The van der Waals surface area contributed by atoms with Crippen LogP contribution < -0.4 is 4.74 Å². The Morgan fingerprint density at radius 3 is 2.83 bits per heavy atom. The van der Waals surface area contributed by atoms with E-state index in [2.05, 4.69) is 4.98 Å². The van der Waals surface area contributed by atoms with Crippen LogP contribution in [-0.2, 0) is 0 Å². The van der Waals surface area contributed by atoms with Gasteiger partial charge in [0, 0.05) is 11.6 Å². The Labute approximate surface area is 105 Å². The van der Waals surface area contributed by atoms with E-state index in [1.165, 1.54) is 35.6 Å². The van der Waals surface area contributed by atoms with Crippen LogP contribution in [-0.4, -0.2) is 15.7 Å². The molecule has 0 aliphatic carbocycles. The first kappa shape index (κ1) is 10.9. The Morgan fingerprint density at radius 1 is 1.33 bits per heavy atom. The molecular weight excluding hydrogens is 255 g/mol. The summed E-state index contributed by atoms with van der Waals surface area (Å²) in [5.41, 5.74) is 0.343. The number of thiazole rings is 1. The Hall–Kier alpha value is -2.21. The normalized spacial score (nSPS) is 10.7. The minimum atomic E-state index is -0.344. The first-order valence-corrected chi connectivity index (χ1v) is 6.00. The van der Waals surface area contributed by atoms with Gasteiger partial charge in [-0.3, -0.25) is 9.20 Å². The highest BCUT2D eigenvalue weighted by Gasteiger charge is 2.14. The third kappa shape index (κ3) is 1.76. The molecule has 2 heterocycles. The summed E-state index contributed by atoms with van der Waals surface area (Å²) >= 11 is 1.40. The molecule has 90 valence electrons. The molecule has 0 N–H and O–H groups in total. The summed E-state index contributed by atoms with van der Waals surface area (Å²) in [6.45, 7) is 0. The van der Waals surface area contributed by atoms with E-state index in [4.69, 9.17) is 4.74 Å². The molecule has 0 spiro atoms. The fraction of sp³-hybridized carbons (Fsp3) is 0. The molecule has 0 unspecified atom stereocenters. The summed E-state index contributed by atoms with van der Waals surface area (Å²) in [5, 5.41) is 1.83. The van der Waals surface area contributed by atoms with Crippen LogP contribution in [0.15, 0.2) is 35.8 Å². The fourth-order valence-electron chi connectivity index (χ4n) is 1.58. The lowest BCUT2D eigenvalue weighted by Crippen LogP contribution is -1.91. The smallest absolute Gasteiger partial charge is 0.250 e. The number of fused-ring (bicyclic) bond motifs is 1. The van der Waals surface area contributed by atoms with Crippen molar-refractivity contribution in [1.29, 1.82) is 0 Å². The summed E-state index contributed by atoms with van der Waals surface area (Å²) in [4.78, 5) is 15.9. The van der Waals surface area contributed by atoms with E-state index in [0.717, 1.165) is 0 Å². The van der Waals surface area contributed by atoms with Crippen LogP contribution >= 0.6 is 11.3 Å². The Morgan fingerprint density at radius 2 is 2.11 bits per heavy atom. The maximum Gasteiger partial charge on any atom is 0.250 e. The van der Waals surface area contributed by atoms with Crippen LogP contribution in [0.1, 0.15) is 10.5 Å². The van der Waals surface area contributed by atoms with Gasteiger partial charge in [-0.15, -0.1) is 11.3 Å². The van der Waals surface area contributed by atoms with Gasteiger partial charge in [0.15, 0.2) is 16.9 Å². The molecule has 0 aliphatic heterocycles. The summed E-state index contributed by atoms with van der Waals surface area (Å²) in [6, 6.07) is 5.54. The van der Waals surface area contributed by atoms with Crippen LogP contribution in [0.4, 0.5) is 4.39 Å². The summed E-state index contributed by atoms with van der Waals surface area (Å²) < 4.78 is 19.9. The molecular formula is C12H7FN2O2S. The second kappa shape index (κ2) is 4.23. The van der Waals surface area contributed by atoms with Crippen molar-refractivity contribution in [2.45, 2.75) is 0 Å². The number of aldehydes is 1. The van der Waals surface area contributed by atoms with Gasteiger partial charge in [-0.2, -0.15) is 4.98 Å². The number of ether oxygens (including phenoxy) is 1. The van der Waals surface area contributed by atoms with E-state index >= 15 is 0 Å². The largest absolute Gasteiger partial charge is 0.437 e. The molecule has 6 heteroatoms. The third-order valence-electron chi connectivity index (χ3n) is 2.41. The number of hydrogen-bond donors (Lipinski definition) is 0. The number of rotatable bonds is 3. The monoisotopic (exact) mass is 262 g/mol. The third-order valence-corrected chi connectivity index (χ3v) is 3.16. The fourth-order valence-corrected chi connectivity index (χ4v) is 2.29. The molecule has 2 aromatic heterocycles. The number of aromatic nitrogens is 2. The standard InChI is InChI=1S/C12H7FN2O2S/c13-8-1-3-9(4-2-8)17-11-10(7-16)15-5-6-18-12(15)14-11/h1-7H. The summed E-state index contributed by atoms with van der Waals surface area (Å²) in [5.74, 6) is 0.317. The van der Waals surface area contributed by atoms with Crippen molar-refractivity contribution >= 4 is 22.6 Å². The Bertz CT molecular complexity index is 703. The highest BCUT2D eigenvalue weighted by Crippen LogP contribution is 2.26. The van der Waals surface area contributed by atoms with E-state index in [9.17, 15) is 9.18 Å². The molecule has 18 heavy (non-hydrogen) atoms. The quantitative estimate of drug-likeness (QED) is 0.681. The number of benzene rings is 1. The molecule has 0 saturated carbocycles. The van der Waals surface area contributed by atoms with Crippen LogP contribution in [0.3, 0.4) is 0 Å². The average molecular weight is 262 g/mol. The predicted octanol–water partition coefficient (Wildman–Crippen LogP) is 3.14. The molecule has 1 aromatic carbocycles. The van der Waals surface area contributed by atoms with Gasteiger partial charge in [-0.25, -0.2) is 4.39 Å². The molecule has 0 fully saturated rings. The first-order chi connectivity index (χ1) is 8.78. The molecule has 4 nitrogen and oxygen atoms in total. The van der Waals surface area contributed by atoms with Gasteiger partial charge < -0.3 is 4.74 Å². The van der Waals surface area contributed by atoms with Gasteiger partial charge in [0.25, 0.3) is 0 Å². The van der Waals surface area contributed by atoms with Gasteiger partial charge in [0.05, 0.1) is 0 Å². The summed E-state index contributed by atoms with van der Waals surface area (Å²) in [6.07, 6.45) is 2.43. The SMILES string of the molecule is O=Cc1c(Oc2ccc(F)cc2)nc2sccn12. The van der Waals surface area contributed by atoms with E-state index < -0.39 is 0 Å². The van der Waals surface area contributed by atoms with Crippen molar-refractivity contribution in [3.63, 3.8) is 0 Å². The number of carbonyl (C=O) groups is 1. The lowest BCUT2D eigenvalue weighted by molar-refractivity contribution is 0.111. The van der Waals surface area contributed by atoms with Crippen molar-refractivity contribution in [1.82, 2.24) is 9.38 Å². The average Bonchev–Trinajstić information content (AvgIpc) is 2.92. The van der Waals surface area contributed by atoms with Gasteiger partial charge in [-0.1, -0.05) is 0 Å². The Kier molecular flexibility index (Phi) is 2.56. The van der Waals surface area contributed by atoms with Crippen LogP contribution in [0, 0.1) is 5.82 Å². The van der Waals surface area contributed by atoms with Gasteiger partial charge in [0.1, 0.15) is 11.6 Å². The van der Waals surface area contributed by atoms with E-state index in [-0.39, 0.29) is 11.7 Å². The zero-order valence-electron chi connectivity index (χ0n) is 9.04. The van der Waals surface area contributed by atoms with Crippen LogP contribution in [0.5, 0.6) is 11.6 Å². The second-order valence-electron chi connectivity index (χ2n) is 3.53. The topological polar surface area (TPSA) is 43.6 Å². The second-order valence-corrected chi connectivity index (χ2v) is 4.40. The number of carbonyl (C=O) groups excluding carboxylic acids is 1. The molecule has 3 rings (SSSR count). The molecule has 0 atom stereocenters. The lowest BCUT2D eigenvalue weighted by atomic mass is 10.3. The molecule has 0 aliphatic rings. The number of hydrogen-bond acceptors (Lipinski definition) is 4. The zero-order valence-corrected chi connectivity index (χ0v) is 9.86. The van der Waals surface area contributed by atoms with Crippen molar-refractivity contribution in [2.75, 3.05) is 0 Å². The van der Waals surface area contributed by atoms with Crippen molar-refractivity contribution in [3.8, 4) is 11.6 Å². The van der Waals surface area contributed by atoms with E-state index in [1.54, 1.807) is 10.6 Å². The number of nitrogens with zero attached hydrogens (tertiary/aromatic N) is 2. The minimum absolute atomic E-state index is 0.225. The van der Waals surface area contributed by atoms with Crippen molar-refractivity contribution in [3.05, 3.63) is 47.4 Å². The van der Waals surface area contributed by atoms with Crippen LogP contribution in [0.25, 0.3) is 4.96 Å². The van der Waals surface area contributed by atoms with E-state index in [1.807, 2.05) is 5.38 Å². The highest BCUT2D eigenvalue weighted by molar-refractivity contribution is 7.15. The lowest BCUT2D eigenvalue weighted by Gasteiger charge is -2.02. The Balaban J connectivity index is 2.01. The summed E-state index contributed by atoms with van der Waals surface area (Å²) in [7, 11) is 0. The molecule has 0 saturated heterocycles. The van der Waals surface area contributed by atoms with Crippen LogP contribution in [0.2, 0.25) is 0 Å². The molecule has 0 radical (unpaired) electrons. The molecule has 3 aromatic rings. The number of imidazole rings is 1. The maximum absolute atomic E-state index is 12.8. The number of halogens is 1. The minimum Gasteiger partial charge on any atom is -0.437 e. The molecule has 0 bridgehead atoms. The van der Waals surface area contributed by atoms with Gasteiger partial charge >= 0.3 is 0 Å².